The molecule has 0 atom stereocenters. The van der Waals surface area contributed by atoms with Gasteiger partial charge in [-0.1, -0.05) is 18.2 Å². The van der Waals surface area contributed by atoms with Crippen LogP contribution in [0.25, 0.3) is 11.4 Å². The summed E-state index contributed by atoms with van der Waals surface area (Å²) in [4.78, 5) is 23.8. The van der Waals surface area contributed by atoms with Crippen molar-refractivity contribution in [3.63, 3.8) is 0 Å². The third-order valence-electron chi connectivity index (χ3n) is 4.93. The topological polar surface area (TPSA) is 63.1 Å². The van der Waals surface area contributed by atoms with Crippen LogP contribution in [0.2, 0.25) is 0 Å². The molecule has 0 aliphatic carbocycles. The van der Waals surface area contributed by atoms with Crippen LogP contribution in [-0.4, -0.2) is 27.5 Å². The van der Waals surface area contributed by atoms with Gasteiger partial charge in [0.2, 0.25) is 0 Å². The number of imidazole rings is 1. The lowest BCUT2D eigenvalue weighted by Gasteiger charge is -2.17. The molecule has 27 heavy (non-hydrogen) atoms. The summed E-state index contributed by atoms with van der Waals surface area (Å²) in [6.07, 6.45) is 3.63. The highest BCUT2D eigenvalue weighted by Crippen LogP contribution is 2.31. The van der Waals surface area contributed by atoms with E-state index in [2.05, 4.69) is 34.8 Å². The molecule has 1 aliphatic rings. The number of anilines is 1. The Morgan fingerprint density at radius 3 is 2.78 bits per heavy atom. The van der Waals surface area contributed by atoms with Crippen molar-refractivity contribution in [1.82, 2.24) is 19.9 Å². The van der Waals surface area contributed by atoms with Crippen molar-refractivity contribution in [3.05, 3.63) is 65.6 Å². The number of carbonyl (C=O) groups excluding carboxylic acids is 1. The van der Waals surface area contributed by atoms with Crippen LogP contribution in [0.4, 0.5) is 5.82 Å². The van der Waals surface area contributed by atoms with E-state index in [-0.39, 0.29) is 11.9 Å². The molecule has 1 aliphatic heterocycles. The predicted octanol–water partition coefficient (Wildman–Crippen LogP) is 3.41. The van der Waals surface area contributed by atoms with Crippen molar-refractivity contribution in [1.29, 1.82) is 0 Å². The molecular formula is C21H23N5O. The highest BCUT2D eigenvalue weighted by molar-refractivity contribution is 6.09. The summed E-state index contributed by atoms with van der Waals surface area (Å²) < 4.78 is 2.08. The first-order chi connectivity index (χ1) is 13.1. The smallest absolute Gasteiger partial charge is 0.260 e. The lowest BCUT2D eigenvalue weighted by atomic mass is 10.0. The van der Waals surface area contributed by atoms with Gasteiger partial charge in [0.05, 0.1) is 30.5 Å². The third-order valence-corrected chi connectivity index (χ3v) is 4.93. The molecule has 1 aromatic carbocycles. The zero-order valence-electron chi connectivity index (χ0n) is 15.8. The average Bonchev–Trinajstić information content (AvgIpc) is 3.28. The first-order valence-corrected chi connectivity index (χ1v) is 9.16. The molecule has 6 nitrogen and oxygen atoms in total. The van der Waals surface area contributed by atoms with E-state index in [9.17, 15) is 4.79 Å². The first-order valence-electron chi connectivity index (χ1n) is 9.16. The van der Waals surface area contributed by atoms with Crippen LogP contribution < -0.4 is 10.2 Å². The van der Waals surface area contributed by atoms with Crippen LogP contribution in [0.15, 0.2) is 48.9 Å². The number of carbonyl (C=O) groups is 1. The monoisotopic (exact) mass is 361 g/mol. The third kappa shape index (κ3) is 3.02. The Bertz CT molecular complexity index is 992. The average molecular weight is 361 g/mol. The minimum absolute atomic E-state index is 0.00460. The van der Waals surface area contributed by atoms with E-state index < -0.39 is 0 Å². The quantitative estimate of drug-likeness (QED) is 0.756. The summed E-state index contributed by atoms with van der Waals surface area (Å²) in [5.74, 6) is 0.672. The maximum atomic E-state index is 13.0. The highest BCUT2D eigenvalue weighted by atomic mass is 16.2. The molecular weight excluding hydrogens is 338 g/mol. The van der Waals surface area contributed by atoms with Crippen LogP contribution in [0.1, 0.15) is 41.4 Å². The maximum absolute atomic E-state index is 13.0. The van der Waals surface area contributed by atoms with E-state index in [1.807, 2.05) is 49.9 Å². The number of rotatable bonds is 5. The normalized spacial score (nSPS) is 13.5. The summed E-state index contributed by atoms with van der Waals surface area (Å²) in [5.41, 5.74) is 4.77. The molecule has 138 valence electrons. The molecule has 2 aromatic heterocycles. The minimum Gasteiger partial charge on any atom is -0.327 e. The zero-order valence-corrected chi connectivity index (χ0v) is 15.8. The van der Waals surface area contributed by atoms with Crippen molar-refractivity contribution in [3.8, 4) is 11.4 Å². The van der Waals surface area contributed by atoms with Gasteiger partial charge in [-0.05, 0) is 50.2 Å². The van der Waals surface area contributed by atoms with Crippen LogP contribution in [0.3, 0.4) is 0 Å². The molecule has 3 heterocycles. The molecule has 0 fully saturated rings. The van der Waals surface area contributed by atoms with Gasteiger partial charge in [-0.3, -0.25) is 9.69 Å². The highest BCUT2D eigenvalue weighted by Gasteiger charge is 2.31. The lowest BCUT2D eigenvalue weighted by Crippen LogP contribution is -2.24. The standard InChI is InChI=1S/C21H23N5O/c1-14(2)26-13-23-11-19(26)18-8-5-9-20(24-18)25-12-17-15(10-22-3)6-4-7-16(17)21(25)27/h4-9,11,13-14,22H,10,12H2,1-3H3. The Hall–Kier alpha value is -2.99. The van der Waals surface area contributed by atoms with Gasteiger partial charge < -0.3 is 9.88 Å². The fourth-order valence-electron chi connectivity index (χ4n) is 3.57. The second-order valence-electron chi connectivity index (χ2n) is 7.03. The van der Waals surface area contributed by atoms with Crippen LogP contribution in [0, 0.1) is 0 Å². The molecule has 0 saturated heterocycles. The van der Waals surface area contributed by atoms with Crippen molar-refractivity contribution in [2.24, 2.45) is 0 Å². The number of nitrogens with one attached hydrogen (secondary N) is 1. The van der Waals surface area contributed by atoms with Gasteiger partial charge >= 0.3 is 0 Å². The Morgan fingerprint density at radius 1 is 1.19 bits per heavy atom. The van der Waals surface area contributed by atoms with E-state index in [0.29, 0.717) is 12.4 Å². The number of benzene rings is 1. The van der Waals surface area contributed by atoms with Crippen molar-refractivity contribution in [2.45, 2.75) is 33.0 Å². The lowest BCUT2D eigenvalue weighted by molar-refractivity contribution is 0.0996. The second-order valence-corrected chi connectivity index (χ2v) is 7.03. The Kier molecular flexibility index (Phi) is 4.49. The molecule has 6 heteroatoms. The summed E-state index contributed by atoms with van der Waals surface area (Å²) >= 11 is 0. The first kappa shape index (κ1) is 17.4. The van der Waals surface area contributed by atoms with Gasteiger partial charge in [0.25, 0.3) is 5.91 Å². The van der Waals surface area contributed by atoms with E-state index in [4.69, 9.17) is 4.98 Å². The molecule has 0 spiro atoms. The number of fused-ring (bicyclic) bond motifs is 1. The van der Waals surface area contributed by atoms with Crippen molar-refractivity contribution < 1.29 is 4.79 Å². The van der Waals surface area contributed by atoms with Gasteiger partial charge in [0.1, 0.15) is 5.82 Å². The largest absolute Gasteiger partial charge is 0.327 e. The summed E-state index contributed by atoms with van der Waals surface area (Å²) in [6.45, 7) is 5.51. The Morgan fingerprint density at radius 2 is 2.00 bits per heavy atom. The van der Waals surface area contributed by atoms with Crippen LogP contribution in [-0.2, 0) is 13.1 Å². The van der Waals surface area contributed by atoms with Gasteiger partial charge in [0, 0.05) is 18.2 Å². The summed E-state index contributed by atoms with van der Waals surface area (Å²) in [6, 6.07) is 12.0. The van der Waals surface area contributed by atoms with Crippen LogP contribution in [0.5, 0.6) is 0 Å². The minimum atomic E-state index is 0.00460. The van der Waals surface area contributed by atoms with Gasteiger partial charge in [-0.2, -0.15) is 0 Å². The molecule has 4 rings (SSSR count). The Balaban J connectivity index is 1.70. The van der Waals surface area contributed by atoms with Gasteiger partial charge in [-0.15, -0.1) is 0 Å². The van der Waals surface area contributed by atoms with E-state index in [1.165, 1.54) is 0 Å². The summed E-state index contributed by atoms with van der Waals surface area (Å²) in [5, 5.41) is 3.17. The number of pyridine rings is 1. The van der Waals surface area contributed by atoms with E-state index in [0.717, 1.165) is 34.6 Å². The number of aromatic nitrogens is 3. The number of hydrogen-bond donors (Lipinski definition) is 1. The summed E-state index contributed by atoms with van der Waals surface area (Å²) in [7, 11) is 1.91. The number of hydrogen-bond acceptors (Lipinski definition) is 4. The SMILES string of the molecule is CNCc1cccc2c1CN(c1cccc(-c3cncn3C(C)C)n1)C2=O. The van der Waals surface area contributed by atoms with E-state index in [1.54, 1.807) is 4.90 Å². The molecule has 1 amide bonds. The van der Waals surface area contributed by atoms with Gasteiger partial charge in [-0.25, -0.2) is 9.97 Å². The second kappa shape index (κ2) is 6.96. The van der Waals surface area contributed by atoms with Crippen molar-refractivity contribution in [2.75, 3.05) is 11.9 Å². The molecule has 0 unspecified atom stereocenters. The van der Waals surface area contributed by atoms with Crippen molar-refractivity contribution >= 4 is 11.7 Å². The molecule has 0 bridgehead atoms. The maximum Gasteiger partial charge on any atom is 0.260 e. The molecule has 0 saturated carbocycles. The fraction of sp³-hybridized carbons (Fsp3) is 0.286. The molecule has 0 radical (unpaired) electrons. The number of nitrogens with zero attached hydrogens (tertiary/aromatic N) is 4. The molecule has 1 N–H and O–H groups in total. The zero-order chi connectivity index (χ0) is 19.0. The number of amides is 1. The fourth-order valence-corrected chi connectivity index (χ4v) is 3.57. The predicted molar refractivity (Wildman–Crippen MR) is 106 cm³/mol. The van der Waals surface area contributed by atoms with Crippen LogP contribution >= 0.6 is 0 Å². The van der Waals surface area contributed by atoms with Gasteiger partial charge in [0.15, 0.2) is 0 Å². The molecule has 3 aromatic rings. The van der Waals surface area contributed by atoms with E-state index >= 15 is 0 Å². The Labute approximate surface area is 158 Å².